The van der Waals surface area contributed by atoms with E-state index in [1.54, 1.807) is 0 Å². The molecule has 1 aromatic rings. The summed E-state index contributed by atoms with van der Waals surface area (Å²) in [6.07, 6.45) is 0.982. The molecule has 2 rings (SSSR count). The first-order chi connectivity index (χ1) is 7.77. The first-order valence-electron chi connectivity index (χ1n) is 5.70. The first kappa shape index (κ1) is 11.1. The Morgan fingerprint density at radius 3 is 2.81 bits per heavy atom. The zero-order valence-electron chi connectivity index (χ0n) is 9.48. The summed E-state index contributed by atoms with van der Waals surface area (Å²) in [5.74, 6) is 0.126. The molecule has 1 unspecified atom stereocenters. The highest BCUT2D eigenvalue weighted by Gasteiger charge is 2.28. The monoisotopic (exact) mass is 219 g/mol. The Kier molecular flexibility index (Phi) is 3.57. The van der Waals surface area contributed by atoms with E-state index in [0.717, 1.165) is 19.5 Å². The third-order valence-electron chi connectivity index (χ3n) is 2.97. The topological polar surface area (TPSA) is 38.3 Å². The van der Waals surface area contributed by atoms with E-state index in [2.05, 4.69) is 17.4 Å². The highest BCUT2D eigenvalue weighted by atomic mass is 16.5. The molecule has 0 aromatic heterocycles. The first-order valence-corrected chi connectivity index (χ1v) is 5.70. The van der Waals surface area contributed by atoms with Gasteiger partial charge in [-0.25, -0.2) is 0 Å². The molecule has 2 atom stereocenters. The molecule has 1 N–H and O–H groups in total. The maximum Gasteiger partial charge on any atom is 0.302 e. The van der Waals surface area contributed by atoms with E-state index in [1.165, 1.54) is 12.5 Å². The van der Waals surface area contributed by atoms with Gasteiger partial charge in [-0.05, 0) is 18.5 Å². The largest absolute Gasteiger partial charge is 0.461 e. The summed E-state index contributed by atoms with van der Waals surface area (Å²) in [5, 5.41) is 3.26. The van der Waals surface area contributed by atoms with Crippen LogP contribution in [0.15, 0.2) is 30.3 Å². The number of rotatable bonds is 2. The zero-order chi connectivity index (χ0) is 11.4. The van der Waals surface area contributed by atoms with Crippen molar-refractivity contribution in [2.45, 2.75) is 25.4 Å². The van der Waals surface area contributed by atoms with Gasteiger partial charge >= 0.3 is 5.97 Å². The molecule has 1 aliphatic rings. The summed E-state index contributed by atoms with van der Waals surface area (Å²) in [6.45, 7) is 3.20. The van der Waals surface area contributed by atoms with E-state index in [4.69, 9.17) is 4.74 Å². The summed E-state index contributed by atoms with van der Waals surface area (Å²) in [7, 11) is 0. The number of nitrogens with one attached hydrogen (secondary N) is 1. The van der Waals surface area contributed by atoms with Crippen LogP contribution in [0.1, 0.15) is 24.8 Å². The number of carbonyl (C=O) groups is 1. The molecule has 1 aromatic carbocycles. The molecule has 0 bridgehead atoms. The molecule has 1 saturated heterocycles. The van der Waals surface area contributed by atoms with Crippen LogP contribution >= 0.6 is 0 Å². The van der Waals surface area contributed by atoms with E-state index < -0.39 is 0 Å². The van der Waals surface area contributed by atoms with Crippen LogP contribution in [0.5, 0.6) is 0 Å². The summed E-state index contributed by atoms with van der Waals surface area (Å²) < 4.78 is 5.36. The second kappa shape index (κ2) is 5.12. The Bertz CT molecular complexity index is 350. The quantitative estimate of drug-likeness (QED) is 0.769. The molecule has 0 spiro atoms. The Labute approximate surface area is 95.8 Å². The fourth-order valence-corrected chi connectivity index (χ4v) is 2.25. The summed E-state index contributed by atoms with van der Waals surface area (Å²) in [4.78, 5) is 11.0. The lowest BCUT2D eigenvalue weighted by Crippen LogP contribution is -2.41. The van der Waals surface area contributed by atoms with E-state index >= 15 is 0 Å². The lowest BCUT2D eigenvalue weighted by atomic mass is 9.88. The lowest BCUT2D eigenvalue weighted by Gasteiger charge is -2.31. The molecule has 3 nitrogen and oxygen atoms in total. The number of hydrogen-bond donors (Lipinski definition) is 1. The summed E-state index contributed by atoms with van der Waals surface area (Å²) in [5.41, 5.74) is 1.26. The van der Waals surface area contributed by atoms with Gasteiger partial charge in [0.05, 0.1) is 0 Å². The average Bonchev–Trinajstić information content (AvgIpc) is 2.30. The Balaban J connectivity index is 2.13. The number of ether oxygens (including phenoxy) is 1. The summed E-state index contributed by atoms with van der Waals surface area (Å²) >= 11 is 0. The Hall–Kier alpha value is -1.35. The van der Waals surface area contributed by atoms with Crippen molar-refractivity contribution in [3.63, 3.8) is 0 Å². The molecule has 3 heteroatoms. The molecule has 1 aliphatic heterocycles. The molecule has 0 aliphatic carbocycles. The SMILES string of the molecule is CC(=O)O[C@H]1CNCCC1c1ccccc1. The molecule has 0 radical (unpaired) electrons. The normalized spacial score (nSPS) is 25.1. The van der Waals surface area contributed by atoms with Gasteiger partial charge in [-0.1, -0.05) is 30.3 Å². The molecule has 1 heterocycles. The molecular formula is C13H17NO2. The van der Waals surface area contributed by atoms with Gasteiger partial charge in [0.25, 0.3) is 0 Å². The number of benzene rings is 1. The van der Waals surface area contributed by atoms with E-state index in [0.29, 0.717) is 5.92 Å². The van der Waals surface area contributed by atoms with E-state index in [1.807, 2.05) is 18.2 Å². The van der Waals surface area contributed by atoms with Crippen molar-refractivity contribution < 1.29 is 9.53 Å². The Morgan fingerprint density at radius 1 is 1.38 bits per heavy atom. The van der Waals surface area contributed by atoms with Gasteiger partial charge < -0.3 is 10.1 Å². The van der Waals surface area contributed by atoms with Crippen molar-refractivity contribution in [3.8, 4) is 0 Å². The molecule has 0 saturated carbocycles. The minimum atomic E-state index is -0.199. The smallest absolute Gasteiger partial charge is 0.302 e. The summed E-state index contributed by atoms with van der Waals surface area (Å²) in [6, 6.07) is 10.3. The maximum absolute atomic E-state index is 11.0. The third kappa shape index (κ3) is 2.61. The van der Waals surface area contributed by atoms with Crippen LogP contribution in [0, 0.1) is 0 Å². The van der Waals surface area contributed by atoms with Gasteiger partial charge in [-0.15, -0.1) is 0 Å². The number of hydrogen-bond acceptors (Lipinski definition) is 3. The van der Waals surface area contributed by atoms with Crippen LogP contribution in [0.25, 0.3) is 0 Å². The second-order valence-corrected chi connectivity index (χ2v) is 4.16. The second-order valence-electron chi connectivity index (χ2n) is 4.16. The van der Waals surface area contributed by atoms with Crippen LogP contribution in [0.2, 0.25) is 0 Å². The highest BCUT2D eigenvalue weighted by molar-refractivity contribution is 5.66. The van der Waals surface area contributed by atoms with Crippen molar-refractivity contribution in [3.05, 3.63) is 35.9 Å². The van der Waals surface area contributed by atoms with Gasteiger partial charge in [0, 0.05) is 19.4 Å². The maximum atomic E-state index is 11.0. The molecule has 1 fully saturated rings. The van der Waals surface area contributed by atoms with Gasteiger partial charge in [-0.3, -0.25) is 4.79 Å². The highest BCUT2D eigenvalue weighted by Crippen LogP contribution is 2.27. The van der Waals surface area contributed by atoms with Crippen molar-refractivity contribution >= 4 is 5.97 Å². The number of carbonyl (C=O) groups excluding carboxylic acids is 1. The Morgan fingerprint density at radius 2 is 2.12 bits per heavy atom. The van der Waals surface area contributed by atoms with Crippen molar-refractivity contribution in [2.24, 2.45) is 0 Å². The molecule has 16 heavy (non-hydrogen) atoms. The predicted octanol–water partition coefficient (Wildman–Crippen LogP) is 1.70. The van der Waals surface area contributed by atoms with Gasteiger partial charge in [0.15, 0.2) is 0 Å². The van der Waals surface area contributed by atoms with Gasteiger partial charge in [-0.2, -0.15) is 0 Å². The minimum absolute atomic E-state index is 0.0337. The van der Waals surface area contributed by atoms with Crippen LogP contribution < -0.4 is 5.32 Å². The fourth-order valence-electron chi connectivity index (χ4n) is 2.25. The fraction of sp³-hybridized carbons (Fsp3) is 0.462. The number of piperidine rings is 1. The van der Waals surface area contributed by atoms with Crippen LogP contribution in [0.3, 0.4) is 0 Å². The van der Waals surface area contributed by atoms with E-state index in [-0.39, 0.29) is 12.1 Å². The number of esters is 1. The lowest BCUT2D eigenvalue weighted by molar-refractivity contribution is -0.148. The third-order valence-corrected chi connectivity index (χ3v) is 2.97. The van der Waals surface area contributed by atoms with Crippen LogP contribution in [0.4, 0.5) is 0 Å². The van der Waals surface area contributed by atoms with Gasteiger partial charge in [0.1, 0.15) is 6.10 Å². The van der Waals surface area contributed by atoms with Crippen molar-refractivity contribution in [2.75, 3.05) is 13.1 Å². The zero-order valence-corrected chi connectivity index (χ0v) is 9.48. The van der Waals surface area contributed by atoms with Gasteiger partial charge in [0.2, 0.25) is 0 Å². The average molecular weight is 219 g/mol. The van der Waals surface area contributed by atoms with Crippen LogP contribution in [-0.4, -0.2) is 25.2 Å². The minimum Gasteiger partial charge on any atom is -0.461 e. The standard InChI is InChI=1S/C13H17NO2/c1-10(15)16-13-9-14-8-7-12(13)11-5-3-2-4-6-11/h2-6,12-14H,7-9H2,1H3/t12?,13-/m0/s1. The molecule has 0 amide bonds. The van der Waals surface area contributed by atoms with Crippen molar-refractivity contribution in [1.29, 1.82) is 0 Å². The molecular weight excluding hydrogens is 202 g/mol. The van der Waals surface area contributed by atoms with E-state index in [9.17, 15) is 4.79 Å². The predicted molar refractivity (Wildman–Crippen MR) is 62.2 cm³/mol. The van der Waals surface area contributed by atoms with Crippen molar-refractivity contribution in [1.82, 2.24) is 5.32 Å². The van der Waals surface area contributed by atoms with Crippen LogP contribution in [-0.2, 0) is 9.53 Å². The molecule has 86 valence electrons.